The zero-order valence-corrected chi connectivity index (χ0v) is 12.3. The van der Waals surface area contributed by atoms with Gasteiger partial charge in [-0.3, -0.25) is 4.79 Å². The van der Waals surface area contributed by atoms with Gasteiger partial charge in [0.1, 0.15) is 11.3 Å². The fourth-order valence-corrected chi connectivity index (χ4v) is 2.07. The molecule has 0 heterocycles. The minimum absolute atomic E-state index is 0.0570. The lowest BCUT2D eigenvalue weighted by Gasteiger charge is -2.28. The summed E-state index contributed by atoms with van der Waals surface area (Å²) in [6, 6.07) is 5.51. The van der Waals surface area contributed by atoms with Crippen LogP contribution in [-0.4, -0.2) is 30.0 Å². The monoisotopic (exact) mass is 264 g/mol. The summed E-state index contributed by atoms with van der Waals surface area (Å²) in [7, 11) is 0. The topological polar surface area (TPSA) is 55.6 Å². The van der Waals surface area contributed by atoms with E-state index in [2.05, 4.69) is 6.92 Å². The van der Waals surface area contributed by atoms with Crippen LogP contribution < -0.4 is 10.5 Å². The van der Waals surface area contributed by atoms with E-state index in [-0.39, 0.29) is 11.9 Å². The van der Waals surface area contributed by atoms with Gasteiger partial charge >= 0.3 is 0 Å². The number of hydrogen-bond donors (Lipinski definition) is 1. The van der Waals surface area contributed by atoms with E-state index in [0.717, 1.165) is 6.42 Å². The second-order valence-corrected chi connectivity index (χ2v) is 4.50. The number of ether oxygens (including phenoxy) is 1. The van der Waals surface area contributed by atoms with Crippen molar-refractivity contribution in [1.82, 2.24) is 4.90 Å². The molecule has 0 aliphatic rings. The van der Waals surface area contributed by atoms with Crippen molar-refractivity contribution in [3.8, 4) is 5.75 Å². The van der Waals surface area contributed by atoms with Gasteiger partial charge < -0.3 is 15.4 Å². The second kappa shape index (κ2) is 7.02. The Morgan fingerprint density at radius 3 is 2.58 bits per heavy atom. The highest BCUT2D eigenvalue weighted by Gasteiger charge is 2.24. The largest absolute Gasteiger partial charge is 0.493 e. The molecule has 1 aromatic carbocycles. The predicted octanol–water partition coefficient (Wildman–Crippen LogP) is 2.93. The van der Waals surface area contributed by atoms with Gasteiger partial charge in [0.15, 0.2) is 0 Å². The number of hydrogen-bond acceptors (Lipinski definition) is 3. The minimum atomic E-state index is -0.0570. The first-order chi connectivity index (χ1) is 9.06. The molecule has 0 spiro atoms. The van der Waals surface area contributed by atoms with Gasteiger partial charge in [0, 0.05) is 18.3 Å². The van der Waals surface area contributed by atoms with Crippen LogP contribution in [0.3, 0.4) is 0 Å². The highest BCUT2D eigenvalue weighted by atomic mass is 16.5. The van der Waals surface area contributed by atoms with Crippen LogP contribution in [0.5, 0.6) is 5.75 Å². The molecule has 19 heavy (non-hydrogen) atoms. The molecule has 0 saturated heterocycles. The Morgan fingerprint density at radius 2 is 2.05 bits per heavy atom. The summed E-state index contributed by atoms with van der Waals surface area (Å²) in [6.45, 7) is 9.15. The third kappa shape index (κ3) is 3.40. The first-order valence-electron chi connectivity index (χ1n) is 6.88. The van der Waals surface area contributed by atoms with E-state index in [1.54, 1.807) is 18.2 Å². The van der Waals surface area contributed by atoms with E-state index in [4.69, 9.17) is 10.5 Å². The summed E-state index contributed by atoms with van der Waals surface area (Å²) in [5.41, 5.74) is 6.91. The van der Waals surface area contributed by atoms with Crippen LogP contribution in [-0.2, 0) is 0 Å². The molecule has 0 radical (unpaired) electrons. The van der Waals surface area contributed by atoms with Crippen molar-refractivity contribution in [2.75, 3.05) is 18.9 Å². The minimum Gasteiger partial charge on any atom is -0.493 e. The summed E-state index contributed by atoms with van der Waals surface area (Å²) in [6.07, 6.45) is 0.913. The number of nitrogens with two attached hydrogens (primary N) is 1. The zero-order chi connectivity index (χ0) is 14.4. The average Bonchev–Trinajstić information content (AvgIpc) is 2.39. The van der Waals surface area contributed by atoms with Gasteiger partial charge in [0.25, 0.3) is 5.91 Å². The Balaban J connectivity index is 3.16. The Bertz CT molecular complexity index is 432. The van der Waals surface area contributed by atoms with E-state index in [1.807, 2.05) is 25.7 Å². The summed E-state index contributed by atoms with van der Waals surface area (Å²) in [5, 5.41) is 0. The molecular formula is C15H24N2O2. The quantitative estimate of drug-likeness (QED) is 0.804. The second-order valence-electron chi connectivity index (χ2n) is 4.50. The molecule has 1 aromatic rings. The first-order valence-corrected chi connectivity index (χ1v) is 6.88. The smallest absolute Gasteiger partial charge is 0.259 e. The highest BCUT2D eigenvalue weighted by Crippen LogP contribution is 2.27. The normalized spacial score (nSPS) is 12.0. The molecule has 0 saturated carbocycles. The third-order valence-corrected chi connectivity index (χ3v) is 3.30. The summed E-state index contributed by atoms with van der Waals surface area (Å²) in [5.74, 6) is 0.507. The van der Waals surface area contributed by atoms with Gasteiger partial charge in [-0.15, -0.1) is 0 Å². The lowest BCUT2D eigenvalue weighted by Crippen LogP contribution is -2.38. The average molecular weight is 264 g/mol. The summed E-state index contributed by atoms with van der Waals surface area (Å²) >= 11 is 0. The fraction of sp³-hybridized carbons (Fsp3) is 0.533. The van der Waals surface area contributed by atoms with Crippen molar-refractivity contribution in [3.63, 3.8) is 0 Å². The molecule has 1 rings (SSSR count). The van der Waals surface area contributed by atoms with Gasteiger partial charge in [-0.1, -0.05) is 13.0 Å². The maximum absolute atomic E-state index is 12.7. The van der Waals surface area contributed by atoms with Crippen molar-refractivity contribution >= 4 is 11.6 Å². The van der Waals surface area contributed by atoms with Gasteiger partial charge in [0.2, 0.25) is 0 Å². The number of carbonyl (C=O) groups excluding carboxylic acids is 1. The van der Waals surface area contributed by atoms with Crippen LogP contribution in [0.4, 0.5) is 5.69 Å². The van der Waals surface area contributed by atoms with Crippen molar-refractivity contribution in [2.24, 2.45) is 0 Å². The Labute approximate surface area is 115 Å². The Morgan fingerprint density at radius 1 is 1.37 bits per heavy atom. The highest BCUT2D eigenvalue weighted by molar-refractivity contribution is 6.02. The van der Waals surface area contributed by atoms with Crippen molar-refractivity contribution in [1.29, 1.82) is 0 Å². The predicted molar refractivity (Wildman–Crippen MR) is 78.5 cm³/mol. The molecule has 0 aliphatic heterocycles. The summed E-state index contributed by atoms with van der Waals surface area (Å²) < 4.78 is 5.52. The molecule has 0 aliphatic carbocycles. The van der Waals surface area contributed by atoms with E-state index < -0.39 is 0 Å². The van der Waals surface area contributed by atoms with Crippen LogP contribution in [0, 0.1) is 0 Å². The van der Waals surface area contributed by atoms with Crippen molar-refractivity contribution < 1.29 is 9.53 Å². The van der Waals surface area contributed by atoms with E-state index in [1.165, 1.54) is 0 Å². The fourth-order valence-electron chi connectivity index (χ4n) is 2.07. The summed E-state index contributed by atoms with van der Waals surface area (Å²) in [4.78, 5) is 14.5. The lowest BCUT2D eigenvalue weighted by molar-refractivity contribution is 0.0697. The number of benzene rings is 1. The van der Waals surface area contributed by atoms with Gasteiger partial charge in [-0.2, -0.15) is 0 Å². The van der Waals surface area contributed by atoms with Crippen molar-refractivity contribution in [2.45, 2.75) is 40.2 Å². The van der Waals surface area contributed by atoms with Crippen molar-refractivity contribution in [3.05, 3.63) is 23.8 Å². The van der Waals surface area contributed by atoms with E-state index in [9.17, 15) is 4.79 Å². The number of anilines is 1. The maximum atomic E-state index is 12.7. The van der Waals surface area contributed by atoms with E-state index >= 15 is 0 Å². The molecule has 0 aromatic heterocycles. The molecule has 1 unspecified atom stereocenters. The van der Waals surface area contributed by atoms with Crippen LogP contribution in [0.1, 0.15) is 44.5 Å². The number of rotatable bonds is 6. The number of nitrogens with zero attached hydrogens (tertiary/aromatic N) is 1. The van der Waals surface area contributed by atoms with Gasteiger partial charge in [-0.05, 0) is 39.3 Å². The van der Waals surface area contributed by atoms with Crippen LogP contribution >= 0.6 is 0 Å². The lowest BCUT2D eigenvalue weighted by atomic mass is 10.1. The molecule has 1 amide bonds. The molecular weight excluding hydrogens is 240 g/mol. The molecule has 0 bridgehead atoms. The molecule has 106 valence electrons. The number of amides is 1. The number of nitrogen functional groups attached to an aromatic ring is 1. The molecule has 2 N–H and O–H groups in total. The van der Waals surface area contributed by atoms with Crippen LogP contribution in [0.25, 0.3) is 0 Å². The molecule has 4 heteroatoms. The zero-order valence-electron chi connectivity index (χ0n) is 12.3. The first kappa shape index (κ1) is 15.3. The van der Waals surface area contributed by atoms with Gasteiger partial charge in [-0.25, -0.2) is 0 Å². The van der Waals surface area contributed by atoms with E-state index in [0.29, 0.717) is 30.2 Å². The third-order valence-electron chi connectivity index (χ3n) is 3.30. The Hall–Kier alpha value is -1.71. The standard InChI is InChI=1S/C15H24N2O2/c1-5-11(4)17(6-2)15(18)14-12(16)9-8-10-13(14)19-7-3/h8-11H,5-7,16H2,1-4H3. The van der Waals surface area contributed by atoms with Crippen LogP contribution in [0.15, 0.2) is 18.2 Å². The molecule has 1 atom stereocenters. The molecule has 0 fully saturated rings. The maximum Gasteiger partial charge on any atom is 0.259 e. The molecule has 4 nitrogen and oxygen atoms in total. The van der Waals surface area contributed by atoms with Gasteiger partial charge in [0.05, 0.1) is 6.61 Å². The van der Waals surface area contributed by atoms with Crippen LogP contribution in [0.2, 0.25) is 0 Å². The number of carbonyl (C=O) groups is 1. The Kier molecular flexibility index (Phi) is 5.67. The SMILES string of the molecule is CCOc1cccc(N)c1C(=O)N(CC)C(C)CC.